The molecular formula is C9H19NO2. The number of hydrogen-bond donors (Lipinski definition) is 2. The number of nitrogens with two attached hydrogens (primary N) is 1. The molecule has 0 spiro atoms. The van der Waals surface area contributed by atoms with E-state index in [1.54, 1.807) is 0 Å². The van der Waals surface area contributed by atoms with Crippen LogP contribution in [0.4, 0.5) is 0 Å². The topological polar surface area (TPSA) is 55.5 Å². The van der Waals surface area contributed by atoms with Crippen molar-refractivity contribution in [1.82, 2.24) is 0 Å². The highest BCUT2D eigenvalue weighted by atomic mass is 16.5. The molecule has 1 fully saturated rings. The number of ether oxygens (including phenoxy) is 1. The molecular weight excluding hydrogens is 154 g/mol. The number of hydrogen-bond acceptors (Lipinski definition) is 3. The van der Waals surface area contributed by atoms with Crippen molar-refractivity contribution >= 4 is 0 Å². The van der Waals surface area contributed by atoms with Crippen molar-refractivity contribution in [2.45, 2.75) is 51.5 Å². The zero-order valence-corrected chi connectivity index (χ0v) is 8.03. The van der Waals surface area contributed by atoms with Crippen LogP contribution in [0, 0.1) is 5.92 Å². The standard InChI is InChI=1S/C9H19NO2/c1-5(2)9-8(11)7(10)4-6(3)12-9/h5-9,11H,4,10H2,1-3H3/t6?,7?,8-,9-/m0/s1. The summed E-state index contributed by atoms with van der Waals surface area (Å²) in [5.41, 5.74) is 5.77. The van der Waals surface area contributed by atoms with E-state index in [-0.39, 0.29) is 18.2 Å². The Morgan fingerprint density at radius 2 is 2.08 bits per heavy atom. The Kier molecular flexibility index (Phi) is 3.09. The van der Waals surface area contributed by atoms with Crippen molar-refractivity contribution in [2.24, 2.45) is 11.7 Å². The monoisotopic (exact) mass is 173 g/mol. The van der Waals surface area contributed by atoms with Crippen LogP contribution >= 0.6 is 0 Å². The van der Waals surface area contributed by atoms with Gasteiger partial charge >= 0.3 is 0 Å². The SMILES string of the molecule is CC1CC(N)[C@H](O)[C@H](C(C)C)O1. The lowest BCUT2D eigenvalue weighted by Crippen LogP contribution is -2.53. The first-order valence-corrected chi connectivity index (χ1v) is 4.61. The Balaban J connectivity index is 2.60. The van der Waals surface area contributed by atoms with Crippen LogP contribution in [0.3, 0.4) is 0 Å². The molecule has 3 heteroatoms. The van der Waals surface area contributed by atoms with E-state index in [0.29, 0.717) is 5.92 Å². The first kappa shape index (κ1) is 9.96. The zero-order valence-electron chi connectivity index (χ0n) is 8.03. The van der Waals surface area contributed by atoms with Crippen LogP contribution in [0.1, 0.15) is 27.2 Å². The lowest BCUT2D eigenvalue weighted by atomic mass is 9.90. The fourth-order valence-corrected chi connectivity index (χ4v) is 1.72. The molecule has 72 valence electrons. The van der Waals surface area contributed by atoms with E-state index < -0.39 is 6.10 Å². The fraction of sp³-hybridized carbons (Fsp3) is 1.00. The average Bonchev–Trinajstić information content (AvgIpc) is 1.96. The molecule has 0 saturated carbocycles. The van der Waals surface area contributed by atoms with E-state index >= 15 is 0 Å². The molecule has 1 saturated heterocycles. The largest absolute Gasteiger partial charge is 0.389 e. The molecule has 2 unspecified atom stereocenters. The molecule has 1 heterocycles. The van der Waals surface area contributed by atoms with Crippen LogP contribution in [-0.2, 0) is 4.74 Å². The predicted octanol–water partition coefficient (Wildman–Crippen LogP) is 0.508. The van der Waals surface area contributed by atoms with Crippen LogP contribution in [0.2, 0.25) is 0 Å². The summed E-state index contributed by atoms with van der Waals surface area (Å²) in [5.74, 6) is 0.328. The third-order valence-electron chi connectivity index (χ3n) is 2.43. The Morgan fingerprint density at radius 1 is 1.50 bits per heavy atom. The second-order valence-corrected chi connectivity index (χ2v) is 4.05. The van der Waals surface area contributed by atoms with Gasteiger partial charge in [-0.15, -0.1) is 0 Å². The van der Waals surface area contributed by atoms with Gasteiger partial charge in [0.1, 0.15) is 0 Å². The van der Waals surface area contributed by atoms with Gasteiger partial charge in [0.05, 0.1) is 18.3 Å². The molecule has 3 N–H and O–H groups in total. The maximum absolute atomic E-state index is 9.68. The third-order valence-corrected chi connectivity index (χ3v) is 2.43. The van der Waals surface area contributed by atoms with Gasteiger partial charge in [-0.2, -0.15) is 0 Å². The summed E-state index contributed by atoms with van der Waals surface area (Å²) in [6, 6.07) is -0.124. The molecule has 1 rings (SSSR count). The maximum Gasteiger partial charge on any atom is 0.0955 e. The molecule has 12 heavy (non-hydrogen) atoms. The van der Waals surface area contributed by atoms with Gasteiger partial charge in [0.2, 0.25) is 0 Å². The third kappa shape index (κ3) is 1.97. The molecule has 0 aromatic heterocycles. The molecule has 0 bridgehead atoms. The van der Waals surface area contributed by atoms with Crippen LogP contribution in [0.25, 0.3) is 0 Å². The van der Waals surface area contributed by atoms with Crippen LogP contribution in [0.5, 0.6) is 0 Å². The van der Waals surface area contributed by atoms with Gasteiger partial charge in [0.15, 0.2) is 0 Å². The Bertz CT molecular complexity index is 149. The Morgan fingerprint density at radius 3 is 2.58 bits per heavy atom. The van der Waals surface area contributed by atoms with Crippen LogP contribution in [0.15, 0.2) is 0 Å². The summed E-state index contributed by atoms with van der Waals surface area (Å²) in [6.07, 6.45) is 0.338. The smallest absolute Gasteiger partial charge is 0.0955 e. The summed E-state index contributed by atoms with van der Waals surface area (Å²) in [7, 11) is 0. The van der Waals surface area contributed by atoms with Gasteiger partial charge in [-0.1, -0.05) is 13.8 Å². The summed E-state index contributed by atoms with van der Waals surface area (Å²) in [6.45, 7) is 6.08. The van der Waals surface area contributed by atoms with Crippen LogP contribution < -0.4 is 5.73 Å². The summed E-state index contributed by atoms with van der Waals surface area (Å²) in [4.78, 5) is 0. The summed E-state index contributed by atoms with van der Waals surface area (Å²) in [5, 5.41) is 9.68. The molecule has 0 radical (unpaired) electrons. The molecule has 0 aromatic rings. The van der Waals surface area contributed by atoms with Gasteiger partial charge in [0.25, 0.3) is 0 Å². The van der Waals surface area contributed by atoms with E-state index in [4.69, 9.17) is 10.5 Å². The highest BCUT2D eigenvalue weighted by Gasteiger charge is 2.35. The molecule has 4 atom stereocenters. The minimum Gasteiger partial charge on any atom is -0.389 e. The van der Waals surface area contributed by atoms with Crippen molar-refractivity contribution in [1.29, 1.82) is 0 Å². The number of aliphatic hydroxyl groups is 1. The predicted molar refractivity (Wildman–Crippen MR) is 47.8 cm³/mol. The van der Waals surface area contributed by atoms with Crippen LogP contribution in [-0.4, -0.2) is 29.5 Å². The van der Waals surface area contributed by atoms with Crippen molar-refractivity contribution in [3.63, 3.8) is 0 Å². The maximum atomic E-state index is 9.68. The van der Waals surface area contributed by atoms with Gasteiger partial charge in [-0.25, -0.2) is 0 Å². The van der Waals surface area contributed by atoms with E-state index in [0.717, 1.165) is 6.42 Å². The second kappa shape index (κ2) is 3.73. The quantitative estimate of drug-likeness (QED) is 0.607. The average molecular weight is 173 g/mol. The molecule has 0 aliphatic carbocycles. The summed E-state index contributed by atoms with van der Waals surface area (Å²) >= 11 is 0. The lowest BCUT2D eigenvalue weighted by Gasteiger charge is -2.38. The van der Waals surface area contributed by atoms with Crippen molar-refractivity contribution in [3.8, 4) is 0 Å². The molecule has 0 aromatic carbocycles. The highest BCUT2D eigenvalue weighted by Crippen LogP contribution is 2.23. The van der Waals surface area contributed by atoms with Gasteiger partial charge in [-0.3, -0.25) is 0 Å². The van der Waals surface area contributed by atoms with Gasteiger partial charge < -0.3 is 15.6 Å². The second-order valence-electron chi connectivity index (χ2n) is 4.05. The van der Waals surface area contributed by atoms with Crippen molar-refractivity contribution in [3.05, 3.63) is 0 Å². The van der Waals surface area contributed by atoms with Gasteiger partial charge in [-0.05, 0) is 19.3 Å². The van der Waals surface area contributed by atoms with Crippen molar-refractivity contribution in [2.75, 3.05) is 0 Å². The first-order valence-electron chi connectivity index (χ1n) is 4.61. The Labute approximate surface area is 73.9 Å². The minimum absolute atomic E-state index is 0.0938. The number of aliphatic hydroxyl groups excluding tert-OH is 1. The number of rotatable bonds is 1. The van der Waals surface area contributed by atoms with E-state index in [9.17, 15) is 5.11 Å². The fourth-order valence-electron chi connectivity index (χ4n) is 1.72. The molecule has 1 aliphatic heterocycles. The summed E-state index contributed by atoms with van der Waals surface area (Å²) < 4.78 is 5.60. The van der Waals surface area contributed by atoms with E-state index in [1.165, 1.54) is 0 Å². The van der Waals surface area contributed by atoms with Crippen molar-refractivity contribution < 1.29 is 9.84 Å². The Hall–Kier alpha value is -0.120. The van der Waals surface area contributed by atoms with E-state index in [2.05, 4.69) is 0 Å². The van der Waals surface area contributed by atoms with E-state index in [1.807, 2.05) is 20.8 Å². The first-order chi connectivity index (χ1) is 5.52. The highest BCUT2D eigenvalue weighted by molar-refractivity contribution is 4.87. The zero-order chi connectivity index (χ0) is 9.30. The van der Waals surface area contributed by atoms with Gasteiger partial charge in [0, 0.05) is 6.04 Å². The normalized spacial score (nSPS) is 43.5. The minimum atomic E-state index is -0.499. The lowest BCUT2D eigenvalue weighted by molar-refractivity contribution is -0.137. The molecule has 0 amide bonds. The molecule has 3 nitrogen and oxygen atoms in total. The molecule has 1 aliphatic rings.